The predicted octanol–water partition coefficient (Wildman–Crippen LogP) is 22.7. The van der Waals surface area contributed by atoms with Gasteiger partial charge < -0.3 is 26.6 Å². The van der Waals surface area contributed by atoms with E-state index < -0.39 is 17.8 Å². The first-order valence-electron chi connectivity index (χ1n) is 44.6. The maximum absolute atomic E-state index is 12.8. The number of allylic oxidation sites excluding steroid dienone is 4. The molecule has 2 atom stereocenters. The number of carbonyl (C=O) groups is 5. The Kier molecular flexibility index (Phi) is 35.8. The molecule has 0 saturated heterocycles. The Morgan fingerprint density at radius 2 is 0.729 bits per heavy atom. The molecule has 5 N–H and O–H groups in total. The molecule has 5 heterocycles. The number of nitrogens with one attached hydrogen (secondary N) is 5. The standard InChI is InChI=1S/C25H22N2O.C25H24N2O.C22H19F3N2O.C21H21N3O.C20H19N3O/c28-25(23-16-17-26-24-14-8-7-13-22(23)24)27-18-15-21(19-9-3-1-4-10-19)20-11-5-2-6-12-20;28-25(24-23-14-8-7-13-21(23)15-17-26-24)27-18-16-22(19-9-3-1-4-10-19)20-11-5-2-6-12-20;23-22(24,25)20-12-11-18(15-27-20)21(28)26-14-13-19(16-7-3-1-4-8-16)17-9-5-2-6-10-17;1-16-14-24-20(15-23-16)21(25)22-13-12-19(17-8-4-2-5-9-17)18-10-6-3-7-11-18;24-20(19-15-21-13-14-22-19)23-12-11-18(16-7-3-1-4-8-16)17-9-5-2-6-10-17/h1-14,16-17,21H,15,18H2,(H,27,28);1-11,13-15,17,20,22H,12,16,18H2,(H,27,28);1-12,15,19H,13-14H2,(H,26,28);2-11,14-15,19H,12-13H2,1H3,(H,22,25);1-10,13-15,18H,11-12H2,(H,23,24). The minimum Gasteiger partial charge on any atom is -0.352 e. The molecule has 0 saturated carbocycles. The van der Waals surface area contributed by atoms with Crippen LogP contribution in [0.15, 0.2) is 420 Å². The average molecular weight is 1770 g/mol. The number of alkyl halides is 3. The number of hydrogen-bond donors (Lipinski definition) is 5. The molecule has 0 fully saturated rings. The van der Waals surface area contributed by atoms with E-state index in [2.05, 4.69) is 207 Å². The molecule has 5 amide bonds. The SMILES string of the molecule is Cc1cnc(C(=O)NCCC(c2ccccc2)c2ccccc2)cn1.O=C(NCCC(c1ccccc1)C1C=CC=CC1)c1nccc2ccccc12.O=C(NCCC(c1ccccc1)c1ccccc1)c1ccc(C(F)(F)F)nc1.O=C(NCCC(c1ccccc1)c1ccccc1)c1ccnc2ccccc12.O=C(NCCC(c1ccccc1)c1ccccc1)c1cnccn1. The quantitative estimate of drug-likeness (QED) is 0.0283. The minimum absolute atomic E-state index is 0.0570. The highest BCUT2D eigenvalue weighted by Crippen LogP contribution is 2.36. The van der Waals surface area contributed by atoms with E-state index in [1.165, 1.54) is 57.5 Å². The first kappa shape index (κ1) is 94.8. The summed E-state index contributed by atoms with van der Waals surface area (Å²) in [6, 6.07) is 114. The minimum atomic E-state index is -4.52. The number of aryl methyl sites for hydroxylation is 1. The Balaban J connectivity index is 0.000000141. The second kappa shape index (κ2) is 50.2. The summed E-state index contributed by atoms with van der Waals surface area (Å²) in [6.45, 7) is 4.60. The first-order valence-corrected chi connectivity index (χ1v) is 44.6. The van der Waals surface area contributed by atoms with Gasteiger partial charge in [-0.1, -0.05) is 340 Å². The molecule has 2 unspecified atom stereocenters. The largest absolute Gasteiger partial charge is 0.433 e. The summed E-state index contributed by atoms with van der Waals surface area (Å²) in [4.78, 5) is 90.2. The van der Waals surface area contributed by atoms with Gasteiger partial charge in [0.1, 0.15) is 22.8 Å². The van der Waals surface area contributed by atoms with Crippen LogP contribution in [-0.4, -0.2) is 97.1 Å². The molecule has 5 aromatic heterocycles. The summed E-state index contributed by atoms with van der Waals surface area (Å²) in [5.41, 5.74) is 13.7. The van der Waals surface area contributed by atoms with Gasteiger partial charge in [-0.3, -0.25) is 48.9 Å². The van der Waals surface area contributed by atoms with Crippen LogP contribution in [0.3, 0.4) is 0 Å². The van der Waals surface area contributed by atoms with Gasteiger partial charge in [-0.2, -0.15) is 13.2 Å². The topological polar surface area (TPSA) is 236 Å². The molecular formula is C113H105F3N12O5. The highest BCUT2D eigenvalue weighted by atomic mass is 19.4. The third-order valence-corrected chi connectivity index (χ3v) is 22.9. The molecule has 0 radical (unpaired) electrons. The Hall–Kier alpha value is -15.8. The lowest BCUT2D eigenvalue weighted by Gasteiger charge is -2.26. The van der Waals surface area contributed by atoms with Crippen LogP contribution in [-0.2, 0) is 6.18 Å². The van der Waals surface area contributed by atoms with Crippen molar-refractivity contribution in [1.82, 2.24) is 61.5 Å². The molecule has 668 valence electrons. The van der Waals surface area contributed by atoms with Gasteiger partial charge in [0.15, 0.2) is 0 Å². The monoisotopic (exact) mass is 1770 g/mol. The molecule has 0 bridgehead atoms. The molecule has 17 nitrogen and oxygen atoms in total. The first-order chi connectivity index (χ1) is 65.2. The zero-order chi connectivity index (χ0) is 92.5. The zero-order valence-corrected chi connectivity index (χ0v) is 73.9. The maximum atomic E-state index is 12.8. The van der Waals surface area contributed by atoms with Crippen LogP contribution in [0.5, 0.6) is 0 Å². The van der Waals surface area contributed by atoms with Crippen LogP contribution in [0, 0.1) is 12.8 Å². The molecule has 0 spiro atoms. The van der Waals surface area contributed by atoms with Crippen molar-refractivity contribution in [1.29, 1.82) is 0 Å². The number of amides is 5. The summed E-state index contributed by atoms with van der Waals surface area (Å²) >= 11 is 0. The van der Waals surface area contributed by atoms with Crippen LogP contribution < -0.4 is 26.6 Å². The Morgan fingerprint density at radius 3 is 1.14 bits per heavy atom. The molecule has 133 heavy (non-hydrogen) atoms. The highest BCUT2D eigenvalue weighted by molar-refractivity contribution is 6.06. The molecule has 0 aliphatic heterocycles. The second-order valence-corrected chi connectivity index (χ2v) is 31.8. The fourth-order valence-corrected chi connectivity index (χ4v) is 16.2. The van der Waals surface area contributed by atoms with E-state index >= 15 is 0 Å². The summed E-state index contributed by atoms with van der Waals surface area (Å²) < 4.78 is 37.7. The van der Waals surface area contributed by atoms with Crippen molar-refractivity contribution in [3.8, 4) is 0 Å². The van der Waals surface area contributed by atoms with Crippen molar-refractivity contribution in [2.45, 2.75) is 81.2 Å². The van der Waals surface area contributed by atoms with E-state index in [1.807, 2.05) is 213 Å². The summed E-state index contributed by atoms with van der Waals surface area (Å²) in [5, 5.41) is 17.6. The van der Waals surface area contributed by atoms with Crippen molar-refractivity contribution in [3.63, 3.8) is 0 Å². The molecule has 16 aromatic rings. The van der Waals surface area contributed by atoms with Crippen LogP contribution >= 0.6 is 0 Å². The van der Waals surface area contributed by atoms with Crippen LogP contribution in [0.25, 0.3) is 21.7 Å². The number of fused-ring (bicyclic) bond motifs is 2. The number of rotatable bonds is 30. The zero-order valence-electron chi connectivity index (χ0n) is 73.9. The third-order valence-electron chi connectivity index (χ3n) is 22.9. The highest BCUT2D eigenvalue weighted by Gasteiger charge is 2.33. The average Bonchev–Trinajstić information content (AvgIpc) is 0.817. The lowest BCUT2D eigenvalue weighted by molar-refractivity contribution is -0.141. The Labute approximate surface area is 774 Å². The van der Waals surface area contributed by atoms with Crippen LogP contribution in [0.4, 0.5) is 13.2 Å². The molecule has 1 aliphatic carbocycles. The number of benzene rings is 11. The smallest absolute Gasteiger partial charge is 0.352 e. The van der Waals surface area contributed by atoms with Crippen LogP contribution in [0.1, 0.15) is 182 Å². The number of aromatic nitrogens is 7. The maximum Gasteiger partial charge on any atom is 0.433 e. The van der Waals surface area contributed by atoms with E-state index in [0.29, 0.717) is 73.6 Å². The van der Waals surface area contributed by atoms with Gasteiger partial charge in [0.25, 0.3) is 29.5 Å². The number of nitrogens with zero attached hydrogens (tertiary/aromatic N) is 7. The summed E-state index contributed by atoms with van der Waals surface area (Å²) in [7, 11) is 0. The number of hydrogen-bond acceptors (Lipinski definition) is 12. The Morgan fingerprint density at radius 1 is 0.331 bits per heavy atom. The lowest BCUT2D eigenvalue weighted by Crippen LogP contribution is -2.28. The van der Waals surface area contributed by atoms with E-state index in [4.69, 9.17) is 0 Å². The van der Waals surface area contributed by atoms with Gasteiger partial charge >= 0.3 is 6.18 Å². The lowest BCUT2D eigenvalue weighted by atomic mass is 9.80. The van der Waals surface area contributed by atoms with Gasteiger partial charge in [-0.25, -0.2) is 9.97 Å². The summed E-state index contributed by atoms with van der Waals surface area (Å²) in [6.07, 6.45) is 21.3. The van der Waals surface area contributed by atoms with Gasteiger partial charge in [0.05, 0.1) is 34.7 Å². The van der Waals surface area contributed by atoms with Crippen molar-refractivity contribution >= 4 is 51.2 Å². The van der Waals surface area contributed by atoms with Crippen molar-refractivity contribution in [3.05, 3.63) is 509 Å². The molecule has 20 heteroatoms. The number of carbonyl (C=O) groups excluding carboxylic acids is 5. The van der Waals surface area contributed by atoms with E-state index in [9.17, 15) is 37.1 Å². The summed E-state index contributed by atoms with van der Waals surface area (Å²) in [5.74, 6) is 0.687. The van der Waals surface area contributed by atoms with E-state index in [-0.39, 0.29) is 52.9 Å². The predicted molar refractivity (Wildman–Crippen MR) is 521 cm³/mol. The van der Waals surface area contributed by atoms with Gasteiger partial charge in [-0.05, 0) is 143 Å². The van der Waals surface area contributed by atoms with Crippen molar-refractivity contribution in [2.24, 2.45) is 5.92 Å². The normalized spacial score (nSPS) is 12.1. The van der Waals surface area contributed by atoms with Gasteiger partial charge in [0.2, 0.25) is 0 Å². The molecular weight excluding hydrogens is 1660 g/mol. The fraction of sp³-hybridized carbons (Fsp3) is 0.168. The van der Waals surface area contributed by atoms with E-state index in [0.717, 1.165) is 88.9 Å². The van der Waals surface area contributed by atoms with Gasteiger partial charge in [-0.15, -0.1) is 0 Å². The third kappa shape index (κ3) is 28.6. The van der Waals surface area contributed by atoms with Gasteiger partial charge in [0, 0.05) is 104 Å². The number of para-hydroxylation sites is 1. The molecule has 11 aromatic carbocycles. The number of halogens is 3. The van der Waals surface area contributed by atoms with Crippen molar-refractivity contribution in [2.75, 3.05) is 32.7 Å². The second-order valence-electron chi connectivity index (χ2n) is 31.8. The number of pyridine rings is 3. The van der Waals surface area contributed by atoms with E-state index in [1.54, 1.807) is 30.9 Å². The fourth-order valence-electron chi connectivity index (χ4n) is 16.2. The molecule has 17 rings (SSSR count). The van der Waals surface area contributed by atoms with Crippen LogP contribution in [0.2, 0.25) is 0 Å². The Bertz CT molecular complexity index is 6160. The van der Waals surface area contributed by atoms with Crippen molar-refractivity contribution < 1.29 is 37.1 Å². The molecule has 1 aliphatic rings.